The van der Waals surface area contributed by atoms with E-state index < -0.39 is 5.97 Å². The average molecular weight is 231 g/mol. The first-order valence-electron chi connectivity index (χ1n) is 3.19. The van der Waals surface area contributed by atoms with Crippen molar-refractivity contribution in [3.63, 3.8) is 0 Å². The molecule has 0 aliphatic rings. The van der Waals surface area contributed by atoms with Crippen LogP contribution in [-0.4, -0.2) is 20.9 Å². The second-order valence-electron chi connectivity index (χ2n) is 2.22. The molecule has 1 aromatic heterocycles. The zero-order chi connectivity index (χ0) is 9.14. The summed E-state index contributed by atoms with van der Waals surface area (Å²) in [5.41, 5.74) is 0.0451. The molecule has 0 aromatic carbocycles. The fourth-order valence-corrected chi connectivity index (χ4v) is 0.997. The maximum absolute atomic E-state index is 10.4. The molecule has 0 unspecified atom stereocenters. The molecule has 64 valence electrons. The number of carboxylic acids is 1. The van der Waals surface area contributed by atoms with Crippen molar-refractivity contribution < 1.29 is 9.90 Å². The van der Waals surface area contributed by atoms with Crippen LogP contribution in [-0.2, 0) is 6.54 Å². The van der Waals surface area contributed by atoms with Crippen molar-refractivity contribution in [2.24, 2.45) is 0 Å². The van der Waals surface area contributed by atoms with Crippen molar-refractivity contribution in [3.05, 3.63) is 29.0 Å². The van der Waals surface area contributed by atoms with E-state index in [-0.39, 0.29) is 5.69 Å². The van der Waals surface area contributed by atoms with Gasteiger partial charge in [-0.05, 0) is 6.07 Å². The third-order valence-electron chi connectivity index (χ3n) is 1.19. The van der Waals surface area contributed by atoms with E-state index >= 15 is 0 Å². The lowest BCUT2D eigenvalue weighted by molar-refractivity contribution is 0.0689. The fraction of sp³-hybridized carbons (Fsp3) is 0.143. The van der Waals surface area contributed by atoms with E-state index in [0.717, 1.165) is 4.48 Å². The molecular formula is C7H7BrN2O2. The summed E-state index contributed by atoms with van der Waals surface area (Å²) in [6.07, 6.45) is 1.59. The van der Waals surface area contributed by atoms with Crippen LogP contribution in [0, 0.1) is 0 Å². The topological polar surface area (TPSA) is 55.1 Å². The first kappa shape index (κ1) is 8.99. The van der Waals surface area contributed by atoms with Gasteiger partial charge in [0.1, 0.15) is 0 Å². The Morgan fingerprint density at radius 2 is 2.50 bits per heavy atom. The highest BCUT2D eigenvalue weighted by Gasteiger charge is 2.05. The molecule has 0 fully saturated rings. The van der Waals surface area contributed by atoms with Crippen molar-refractivity contribution in [1.82, 2.24) is 9.78 Å². The van der Waals surface area contributed by atoms with Crippen LogP contribution in [0.25, 0.3) is 0 Å². The van der Waals surface area contributed by atoms with Crippen molar-refractivity contribution in [2.45, 2.75) is 6.54 Å². The summed E-state index contributed by atoms with van der Waals surface area (Å²) in [6.45, 7) is 4.09. The molecule has 1 rings (SSSR count). The van der Waals surface area contributed by atoms with Gasteiger partial charge in [-0.1, -0.05) is 22.5 Å². The predicted octanol–water partition coefficient (Wildman–Crippen LogP) is 1.49. The molecule has 0 aliphatic carbocycles. The summed E-state index contributed by atoms with van der Waals surface area (Å²) in [7, 11) is 0. The van der Waals surface area contributed by atoms with Crippen LogP contribution in [0.5, 0.6) is 0 Å². The van der Waals surface area contributed by atoms with Gasteiger partial charge in [0.25, 0.3) is 0 Å². The number of nitrogens with zero attached hydrogens (tertiary/aromatic N) is 2. The highest BCUT2D eigenvalue weighted by atomic mass is 79.9. The standard InChI is InChI=1S/C7H7BrN2O2/c1-5(8)4-10-3-2-6(9-10)7(11)12/h2-3H,1,4H2,(H,11,12). The van der Waals surface area contributed by atoms with E-state index in [4.69, 9.17) is 5.11 Å². The van der Waals surface area contributed by atoms with E-state index in [9.17, 15) is 4.79 Å². The average Bonchev–Trinajstić information content (AvgIpc) is 2.34. The first-order valence-corrected chi connectivity index (χ1v) is 3.99. The Balaban J connectivity index is 2.77. The largest absolute Gasteiger partial charge is 0.476 e. The van der Waals surface area contributed by atoms with Gasteiger partial charge in [-0.3, -0.25) is 4.68 Å². The molecule has 0 aliphatic heterocycles. The van der Waals surface area contributed by atoms with Crippen molar-refractivity contribution >= 4 is 21.9 Å². The number of aromatic nitrogens is 2. The molecule has 0 spiro atoms. The van der Waals surface area contributed by atoms with Gasteiger partial charge >= 0.3 is 5.97 Å². The molecule has 0 atom stereocenters. The number of hydrogen-bond acceptors (Lipinski definition) is 2. The van der Waals surface area contributed by atoms with Crippen LogP contribution in [0.15, 0.2) is 23.3 Å². The molecule has 12 heavy (non-hydrogen) atoms. The predicted molar refractivity (Wildman–Crippen MR) is 47.3 cm³/mol. The van der Waals surface area contributed by atoms with Crippen molar-refractivity contribution in [3.8, 4) is 0 Å². The molecule has 0 saturated carbocycles. The van der Waals surface area contributed by atoms with Gasteiger partial charge in [-0.25, -0.2) is 4.79 Å². The lowest BCUT2D eigenvalue weighted by Gasteiger charge is -1.96. The Hall–Kier alpha value is -1.10. The van der Waals surface area contributed by atoms with E-state index in [1.807, 2.05) is 0 Å². The minimum absolute atomic E-state index is 0.0451. The zero-order valence-electron chi connectivity index (χ0n) is 6.20. The van der Waals surface area contributed by atoms with Gasteiger partial charge in [0, 0.05) is 10.7 Å². The third-order valence-corrected chi connectivity index (χ3v) is 1.44. The van der Waals surface area contributed by atoms with Crippen LogP contribution in [0.4, 0.5) is 0 Å². The summed E-state index contributed by atoms with van der Waals surface area (Å²) >= 11 is 3.15. The molecule has 0 radical (unpaired) electrons. The number of carboxylic acid groups (broad SMARTS) is 1. The number of halogens is 1. The van der Waals surface area contributed by atoms with Crippen LogP contribution in [0.2, 0.25) is 0 Å². The quantitative estimate of drug-likeness (QED) is 0.857. The summed E-state index contributed by atoms with van der Waals surface area (Å²) < 4.78 is 2.25. The highest BCUT2D eigenvalue weighted by molar-refractivity contribution is 9.11. The van der Waals surface area contributed by atoms with Crippen LogP contribution in [0.3, 0.4) is 0 Å². The fourth-order valence-electron chi connectivity index (χ4n) is 0.740. The number of aromatic carboxylic acids is 1. The normalized spacial score (nSPS) is 9.75. The van der Waals surface area contributed by atoms with Gasteiger partial charge in [0.15, 0.2) is 5.69 Å². The molecule has 1 aromatic rings. The Morgan fingerprint density at radius 1 is 1.83 bits per heavy atom. The monoisotopic (exact) mass is 230 g/mol. The third kappa shape index (κ3) is 2.20. The van der Waals surface area contributed by atoms with E-state index in [2.05, 4.69) is 27.6 Å². The molecule has 5 heteroatoms. The first-order chi connectivity index (χ1) is 5.59. The van der Waals surface area contributed by atoms with E-state index in [0.29, 0.717) is 6.54 Å². The maximum Gasteiger partial charge on any atom is 0.356 e. The number of carbonyl (C=O) groups is 1. The van der Waals surface area contributed by atoms with Crippen LogP contribution < -0.4 is 0 Å². The Bertz CT molecular complexity index is 319. The molecular weight excluding hydrogens is 224 g/mol. The SMILES string of the molecule is C=C(Br)Cn1ccc(C(=O)O)n1. The van der Waals surface area contributed by atoms with Gasteiger partial charge in [-0.2, -0.15) is 5.10 Å². The minimum atomic E-state index is -1.02. The molecule has 4 nitrogen and oxygen atoms in total. The Morgan fingerprint density at radius 3 is 2.92 bits per heavy atom. The van der Waals surface area contributed by atoms with Crippen LogP contribution in [0.1, 0.15) is 10.5 Å². The lowest BCUT2D eigenvalue weighted by atomic mass is 10.5. The maximum atomic E-state index is 10.4. The van der Waals surface area contributed by atoms with E-state index in [1.165, 1.54) is 10.7 Å². The van der Waals surface area contributed by atoms with Gasteiger partial charge in [0.05, 0.1) is 6.54 Å². The molecule has 1 N–H and O–H groups in total. The smallest absolute Gasteiger partial charge is 0.356 e. The molecule has 1 heterocycles. The van der Waals surface area contributed by atoms with Gasteiger partial charge in [-0.15, -0.1) is 0 Å². The number of allylic oxidation sites excluding steroid dienone is 1. The molecule has 0 saturated heterocycles. The van der Waals surface area contributed by atoms with Gasteiger partial charge in [0.2, 0.25) is 0 Å². The number of hydrogen-bond donors (Lipinski definition) is 1. The summed E-state index contributed by atoms with van der Waals surface area (Å²) in [5, 5.41) is 12.3. The molecule has 0 amide bonds. The van der Waals surface area contributed by atoms with Gasteiger partial charge < -0.3 is 5.11 Å². The molecule has 0 bridgehead atoms. The lowest BCUT2D eigenvalue weighted by Crippen LogP contribution is -2.02. The van der Waals surface area contributed by atoms with Crippen molar-refractivity contribution in [2.75, 3.05) is 0 Å². The Labute approximate surface area is 77.6 Å². The zero-order valence-corrected chi connectivity index (χ0v) is 7.78. The second kappa shape index (κ2) is 3.53. The summed E-state index contributed by atoms with van der Waals surface area (Å²) in [6, 6.07) is 1.44. The summed E-state index contributed by atoms with van der Waals surface area (Å²) in [4.78, 5) is 10.4. The minimum Gasteiger partial charge on any atom is -0.476 e. The van der Waals surface area contributed by atoms with E-state index in [1.54, 1.807) is 6.20 Å². The second-order valence-corrected chi connectivity index (χ2v) is 3.34. The highest BCUT2D eigenvalue weighted by Crippen LogP contribution is 2.04. The summed E-state index contributed by atoms with van der Waals surface area (Å²) in [5.74, 6) is -1.02. The van der Waals surface area contributed by atoms with Crippen molar-refractivity contribution in [1.29, 1.82) is 0 Å². The number of rotatable bonds is 3. The van der Waals surface area contributed by atoms with Crippen LogP contribution >= 0.6 is 15.9 Å². The Kier molecular flexibility index (Phi) is 2.65.